The van der Waals surface area contributed by atoms with Crippen molar-refractivity contribution >= 4 is 11.4 Å². The van der Waals surface area contributed by atoms with Gasteiger partial charge in [-0.3, -0.25) is 9.11 Å². The first-order valence-corrected chi connectivity index (χ1v) is 1.60. The van der Waals surface area contributed by atoms with Crippen LogP contribution in [-0.2, 0) is 11.4 Å². The molecule has 0 aromatic carbocycles. The van der Waals surface area contributed by atoms with E-state index < -0.39 is 11.4 Å². The third-order valence-electron chi connectivity index (χ3n) is 0. The number of hydrogen-bond acceptors (Lipinski definition) is 1. The number of hydrogen-bond donors (Lipinski definition) is 2. The Labute approximate surface area is 63.0 Å². The molecule has 0 aliphatic heterocycles. The minimum absolute atomic E-state index is 0. The van der Waals surface area contributed by atoms with Gasteiger partial charge in [0.1, 0.15) is 0 Å². The smallest absolute Gasteiger partial charge is 1.00 e. The molecule has 0 heterocycles. The predicted molar refractivity (Wildman–Crippen MR) is 21.2 cm³/mol. The molecule has 0 bridgehead atoms. The predicted octanol–water partition coefficient (Wildman–Crippen LogP) is -2.57. The molecule has 0 spiro atoms. The zero-order valence-corrected chi connectivity index (χ0v) is 5.53. The van der Waals surface area contributed by atoms with Crippen molar-refractivity contribution in [1.82, 2.24) is 0 Å². The Kier molecular flexibility index (Phi) is 24.7. The molecule has 6 heavy (non-hydrogen) atoms. The fourth-order valence-electron chi connectivity index (χ4n) is 0. The van der Waals surface area contributed by atoms with E-state index in [0.717, 1.165) is 0 Å². The average molecular weight is 122 g/mol. The van der Waals surface area contributed by atoms with E-state index in [1.165, 1.54) is 0 Å². The molecule has 0 radical (unpaired) electrons. The van der Waals surface area contributed by atoms with Crippen LogP contribution in [0.25, 0.3) is 0 Å². The Balaban J connectivity index is -0.0000000150. The van der Waals surface area contributed by atoms with Gasteiger partial charge in [0, 0.05) is 0 Å². The van der Waals surface area contributed by atoms with E-state index in [1.54, 1.807) is 0 Å². The minimum Gasteiger partial charge on any atom is -1.00 e. The second-order valence-electron chi connectivity index (χ2n) is 0.231. The van der Waals surface area contributed by atoms with Gasteiger partial charge in [0.2, 0.25) is 0 Å². The van der Waals surface area contributed by atoms with Gasteiger partial charge < -0.3 is 1.43 Å². The van der Waals surface area contributed by atoms with Crippen LogP contribution in [0.2, 0.25) is 0 Å². The molecule has 0 fully saturated rings. The van der Waals surface area contributed by atoms with E-state index in [9.17, 15) is 0 Å². The van der Waals surface area contributed by atoms with E-state index in [4.69, 9.17) is 13.3 Å². The quantitative estimate of drug-likeness (QED) is 0.274. The van der Waals surface area contributed by atoms with Gasteiger partial charge in [-0.25, -0.2) is 0 Å². The summed E-state index contributed by atoms with van der Waals surface area (Å²) in [4.78, 5) is 0. The van der Waals surface area contributed by atoms with Crippen molar-refractivity contribution in [3.05, 3.63) is 0 Å². The van der Waals surface area contributed by atoms with Gasteiger partial charge in [0.05, 0.1) is 0 Å². The summed E-state index contributed by atoms with van der Waals surface area (Å²) in [5.74, 6) is 0. The monoisotopic (exact) mass is 122 g/mol. The summed E-state index contributed by atoms with van der Waals surface area (Å²) in [6.07, 6.45) is 0. The zero-order valence-electron chi connectivity index (χ0n) is 3.71. The van der Waals surface area contributed by atoms with Gasteiger partial charge in [-0.1, -0.05) is 7.43 Å². The maximum absolute atomic E-state index is 8.67. The van der Waals surface area contributed by atoms with Crippen LogP contribution in [0.1, 0.15) is 8.85 Å². The van der Waals surface area contributed by atoms with Crippen LogP contribution in [0.3, 0.4) is 0 Å². The fraction of sp³-hybridized carbons (Fsp3) is 1.00. The Bertz CT molecular complexity index is 37.9. The normalized spacial score (nSPS) is 5.83. The minimum atomic E-state index is -2.61. The van der Waals surface area contributed by atoms with Gasteiger partial charge in [0.25, 0.3) is 11.4 Å². The molecule has 0 amide bonds. The van der Waals surface area contributed by atoms with Crippen LogP contribution < -0.4 is 29.6 Å². The van der Waals surface area contributed by atoms with E-state index in [2.05, 4.69) is 0 Å². The third kappa shape index (κ3) is 73.4. The fourth-order valence-corrected chi connectivity index (χ4v) is 0. The molecular weight excluding hydrogens is 115 g/mol. The molecule has 0 aliphatic carbocycles. The first-order valence-electron chi connectivity index (χ1n) is 0.532. The van der Waals surface area contributed by atoms with Crippen LogP contribution in [0.5, 0.6) is 0 Å². The second-order valence-corrected chi connectivity index (χ2v) is 0.692. The van der Waals surface area contributed by atoms with Gasteiger partial charge in [0.15, 0.2) is 0 Å². The summed E-state index contributed by atoms with van der Waals surface area (Å²) in [7, 11) is 0. The maximum Gasteiger partial charge on any atom is 1.00 e. The van der Waals surface area contributed by atoms with Crippen molar-refractivity contribution in [2.45, 2.75) is 7.43 Å². The van der Waals surface area contributed by atoms with Crippen LogP contribution in [0.15, 0.2) is 0 Å². The van der Waals surface area contributed by atoms with Crippen molar-refractivity contribution in [3.8, 4) is 0 Å². The first-order chi connectivity index (χ1) is 1.73. The number of rotatable bonds is 0. The Morgan fingerprint density at radius 2 is 1.50 bits per heavy atom. The standard InChI is InChI=1S/CH4.Na.H2O3S.H/c;;1-4(2)3;/h1H4;;(H2,1,2,3);/q;+1;;-1. The van der Waals surface area contributed by atoms with Crippen molar-refractivity contribution in [2.24, 2.45) is 0 Å². The summed E-state index contributed by atoms with van der Waals surface area (Å²) in [5.41, 5.74) is 0. The van der Waals surface area contributed by atoms with Crippen LogP contribution >= 0.6 is 0 Å². The van der Waals surface area contributed by atoms with Crippen molar-refractivity contribution in [2.75, 3.05) is 0 Å². The van der Waals surface area contributed by atoms with Gasteiger partial charge in [-0.05, 0) is 0 Å². The molecule has 2 N–H and O–H groups in total. The molecule has 0 aliphatic rings. The molecule has 0 rings (SSSR count). The Morgan fingerprint density at radius 1 is 1.50 bits per heavy atom. The molecule has 0 saturated carbocycles. The van der Waals surface area contributed by atoms with Crippen molar-refractivity contribution in [1.29, 1.82) is 0 Å². The first kappa shape index (κ1) is 15.7. The van der Waals surface area contributed by atoms with E-state index in [-0.39, 0.29) is 38.4 Å². The molecule has 0 atom stereocenters. The van der Waals surface area contributed by atoms with Crippen LogP contribution in [0, 0.1) is 0 Å². The molecule has 0 unspecified atom stereocenters. The molecule has 36 valence electrons. The molecule has 5 heteroatoms. The summed E-state index contributed by atoms with van der Waals surface area (Å²) in [6, 6.07) is 0. The Hall–Kier alpha value is 1.07. The van der Waals surface area contributed by atoms with Crippen LogP contribution in [-0.4, -0.2) is 13.3 Å². The zero-order chi connectivity index (χ0) is 3.58. The SMILES string of the molecule is C.O=S(O)O.[H-].[Na+]. The Morgan fingerprint density at radius 3 is 1.50 bits per heavy atom. The molecule has 0 aromatic rings. The molecule has 0 saturated heterocycles. The van der Waals surface area contributed by atoms with E-state index in [0.29, 0.717) is 0 Å². The molecule has 0 aromatic heterocycles. The van der Waals surface area contributed by atoms with Crippen molar-refractivity contribution < 1.29 is 44.3 Å². The largest absolute Gasteiger partial charge is 1.00 e. The summed E-state index contributed by atoms with van der Waals surface area (Å²) < 4.78 is 22.8. The maximum atomic E-state index is 8.67. The van der Waals surface area contributed by atoms with E-state index in [1.807, 2.05) is 0 Å². The van der Waals surface area contributed by atoms with Crippen molar-refractivity contribution in [3.63, 3.8) is 0 Å². The molecular formula is CH7NaO3S. The second kappa shape index (κ2) is 9.42. The van der Waals surface area contributed by atoms with Gasteiger partial charge in [-0.15, -0.1) is 0 Å². The third-order valence-corrected chi connectivity index (χ3v) is 0. The average Bonchev–Trinajstić information content (AvgIpc) is 0.811. The van der Waals surface area contributed by atoms with Gasteiger partial charge in [-0.2, -0.15) is 4.21 Å². The topological polar surface area (TPSA) is 57.5 Å². The van der Waals surface area contributed by atoms with Gasteiger partial charge >= 0.3 is 29.6 Å². The summed E-state index contributed by atoms with van der Waals surface area (Å²) in [5, 5.41) is 0. The molecule has 3 nitrogen and oxygen atoms in total. The summed E-state index contributed by atoms with van der Waals surface area (Å²) in [6.45, 7) is 0. The van der Waals surface area contributed by atoms with E-state index >= 15 is 0 Å². The summed E-state index contributed by atoms with van der Waals surface area (Å²) >= 11 is -2.61. The van der Waals surface area contributed by atoms with Crippen LogP contribution in [0.4, 0.5) is 0 Å².